The van der Waals surface area contributed by atoms with Crippen molar-refractivity contribution in [2.75, 3.05) is 7.05 Å². The second-order valence-corrected chi connectivity index (χ2v) is 5.64. The van der Waals surface area contributed by atoms with Gasteiger partial charge in [-0.1, -0.05) is 12.1 Å². The first-order valence-electron chi connectivity index (χ1n) is 7.02. The van der Waals surface area contributed by atoms with Crippen LogP contribution in [0.1, 0.15) is 44.3 Å². The molecule has 0 radical (unpaired) electrons. The number of nitrogens with zero attached hydrogens (tertiary/aromatic N) is 3. The zero-order chi connectivity index (χ0) is 12.5. The lowest BCUT2D eigenvalue weighted by Gasteiger charge is -2.34. The van der Waals surface area contributed by atoms with Crippen molar-refractivity contribution in [3.8, 4) is 0 Å². The molecule has 1 N–H and O–H groups in total. The normalized spacial score (nSPS) is 29.5. The molecule has 108 valence electrons. The molecule has 19 heavy (non-hydrogen) atoms. The van der Waals surface area contributed by atoms with Gasteiger partial charge in [-0.25, -0.2) is 0 Å². The summed E-state index contributed by atoms with van der Waals surface area (Å²) in [5.41, 5.74) is 0. The van der Waals surface area contributed by atoms with Crippen LogP contribution in [0.15, 0.2) is 4.52 Å². The lowest BCUT2D eigenvalue weighted by Crippen LogP contribution is -2.46. The Morgan fingerprint density at radius 1 is 1.32 bits per heavy atom. The Balaban J connectivity index is 0.00000133. The van der Waals surface area contributed by atoms with Gasteiger partial charge in [-0.2, -0.15) is 4.98 Å². The number of nitrogens with one attached hydrogen (secondary N) is 1. The quantitative estimate of drug-likeness (QED) is 0.914. The van der Waals surface area contributed by atoms with Gasteiger partial charge in [0.25, 0.3) is 0 Å². The van der Waals surface area contributed by atoms with Gasteiger partial charge in [0.2, 0.25) is 5.89 Å². The summed E-state index contributed by atoms with van der Waals surface area (Å²) >= 11 is 0. The molecule has 2 aliphatic heterocycles. The van der Waals surface area contributed by atoms with Crippen LogP contribution >= 0.6 is 12.4 Å². The topological polar surface area (TPSA) is 54.2 Å². The van der Waals surface area contributed by atoms with Crippen LogP contribution in [0.2, 0.25) is 0 Å². The lowest BCUT2D eigenvalue weighted by atomic mass is 9.98. The second-order valence-electron chi connectivity index (χ2n) is 5.64. The number of aryl methyl sites for hydroxylation is 1. The summed E-state index contributed by atoms with van der Waals surface area (Å²) in [6.45, 7) is 2.83. The number of aromatic nitrogens is 2. The molecule has 2 aliphatic rings. The lowest BCUT2D eigenvalue weighted by molar-refractivity contribution is 0.161. The molecular weight excluding hydrogens is 264 g/mol. The van der Waals surface area contributed by atoms with Crippen LogP contribution in [-0.2, 0) is 13.0 Å². The highest BCUT2D eigenvalue weighted by atomic mass is 35.5. The minimum Gasteiger partial charge on any atom is -0.339 e. The zero-order valence-electron chi connectivity index (χ0n) is 11.6. The Morgan fingerprint density at radius 2 is 2.00 bits per heavy atom. The molecule has 2 saturated heterocycles. The molecule has 3 heterocycles. The fraction of sp³-hybridized carbons (Fsp3) is 0.846. The zero-order valence-corrected chi connectivity index (χ0v) is 12.4. The average Bonchev–Trinajstić information content (AvgIpc) is 2.96. The summed E-state index contributed by atoms with van der Waals surface area (Å²) in [6.07, 6.45) is 6.01. The summed E-state index contributed by atoms with van der Waals surface area (Å²) in [5, 5.41) is 7.71. The van der Waals surface area contributed by atoms with Gasteiger partial charge < -0.3 is 9.84 Å². The van der Waals surface area contributed by atoms with E-state index >= 15 is 0 Å². The van der Waals surface area contributed by atoms with E-state index in [1.165, 1.54) is 25.7 Å². The average molecular weight is 287 g/mol. The van der Waals surface area contributed by atoms with Crippen molar-refractivity contribution < 1.29 is 4.52 Å². The molecule has 0 aromatic carbocycles. The summed E-state index contributed by atoms with van der Waals surface area (Å²) in [5.74, 6) is 1.56. The second kappa shape index (κ2) is 6.20. The summed E-state index contributed by atoms with van der Waals surface area (Å²) < 4.78 is 5.16. The predicted octanol–water partition coefficient (Wildman–Crippen LogP) is 1.77. The Bertz CT molecular complexity index is 399. The molecule has 2 bridgehead atoms. The molecule has 3 rings (SSSR count). The van der Waals surface area contributed by atoms with E-state index < -0.39 is 0 Å². The summed E-state index contributed by atoms with van der Waals surface area (Å²) in [4.78, 5) is 6.77. The fourth-order valence-corrected chi connectivity index (χ4v) is 3.24. The maximum Gasteiger partial charge on any atom is 0.226 e. The Labute approximate surface area is 120 Å². The van der Waals surface area contributed by atoms with Crippen molar-refractivity contribution in [3.63, 3.8) is 0 Å². The van der Waals surface area contributed by atoms with Gasteiger partial charge in [0, 0.05) is 24.5 Å². The molecule has 0 saturated carbocycles. The molecule has 6 heteroatoms. The van der Waals surface area contributed by atoms with E-state index in [0.29, 0.717) is 6.04 Å². The van der Waals surface area contributed by atoms with Crippen LogP contribution in [0, 0.1) is 0 Å². The number of halogens is 1. The number of hydrogen-bond donors (Lipinski definition) is 1. The molecular formula is C13H23ClN4O. The molecule has 0 spiro atoms. The van der Waals surface area contributed by atoms with Crippen LogP contribution in [0.25, 0.3) is 0 Å². The van der Waals surface area contributed by atoms with Crippen molar-refractivity contribution in [1.82, 2.24) is 20.4 Å². The van der Waals surface area contributed by atoms with Gasteiger partial charge in [-0.3, -0.25) is 4.90 Å². The maximum atomic E-state index is 5.16. The van der Waals surface area contributed by atoms with Gasteiger partial charge in [0.05, 0.1) is 6.54 Å². The van der Waals surface area contributed by atoms with E-state index in [1.54, 1.807) is 0 Å². The maximum absolute atomic E-state index is 5.16. The largest absolute Gasteiger partial charge is 0.339 e. The molecule has 2 unspecified atom stereocenters. The van der Waals surface area contributed by atoms with Crippen molar-refractivity contribution in [3.05, 3.63) is 11.7 Å². The molecule has 0 amide bonds. The number of fused-ring (bicyclic) bond motifs is 2. The standard InChI is InChI=1S/C13H22N4O.ClH/c1-3-13-15-12(16-18-13)8-17(2)11-6-9-4-5-10(7-11)14-9;/h9-11,14H,3-8H2,1-2H3;1H. The SMILES string of the molecule is CCc1nc(CN(C)C2CC3CCC(C2)N3)no1.Cl. The minimum absolute atomic E-state index is 0. The van der Waals surface area contributed by atoms with Gasteiger partial charge in [0.1, 0.15) is 0 Å². The van der Waals surface area contributed by atoms with Gasteiger partial charge in [0.15, 0.2) is 5.82 Å². The Morgan fingerprint density at radius 3 is 2.58 bits per heavy atom. The third-order valence-corrected chi connectivity index (χ3v) is 4.27. The minimum atomic E-state index is 0. The van der Waals surface area contributed by atoms with Gasteiger partial charge in [-0.05, 0) is 32.7 Å². The van der Waals surface area contributed by atoms with E-state index in [-0.39, 0.29) is 12.4 Å². The van der Waals surface area contributed by atoms with Crippen molar-refractivity contribution >= 4 is 12.4 Å². The number of piperidine rings is 1. The highest BCUT2D eigenvalue weighted by Gasteiger charge is 2.35. The van der Waals surface area contributed by atoms with E-state index in [0.717, 1.165) is 36.8 Å². The Hall–Kier alpha value is -0.650. The van der Waals surface area contributed by atoms with Gasteiger partial charge >= 0.3 is 0 Å². The predicted molar refractivity (Wildman–Crippen MR) is 75.4 cm³/mol. The van der Waals surface area contributed by atoms with Crippen LogP contribution in [0.5, 0.6) is 0 Å². The highest BCUT2D eigenvalue weighted by molar-refractivity contribution is 5.85. The van der Waals surface area contributed by atoms with Crippen molar-refractivity contribution in [1.29, 1.82) is 0 Å². The van der Waals surface area contributed by atoms with Crippen molar-refractivity contribution in [2.24, 2.45) is 0 Å². The fourth-order valence-electron chi connectivity index (χ4n) is 3.24. The molecule has 2 fully saturated rings. The molecule has 0 aliphatic carbocycles. The van der Waals surface area contributed by atoms with E-state index in [1.807, 2.05) is 6.92 Å². The Kier molecular flexibility index (Phi) is 4.81. The first-order valence-corrected chi connectivity index (χ1v) is 7.02. The van der Waals surface area contributed by atoms with Crippen LogP contribution < -0.4 is 5.32 Å². The number of rotatable bonds is 4. The van der Waals surface area contributed by atoms with Gasteiger partial charge in [-0.15, -0.1) is 12.4 Å². The van der Waals surface area contributed by atoms with Crippen molar-refractivity contribution in [2.45, 2.75) is 63.7 Å². The van der Waals surface area contributed by atoms with Crippen LogP contribution in [0.4, 0.5) is 0 Å². The van der Waals surface area contributed by atoms with E-state index in [9.17, 15) is 0 Å². The monoisotopic (exact) mass is 286 g/mol. The molecule has 1 aromatic heterocycles. The summed E-state index contributed by atoms with van der Waals surface area (Å²) in [7, 11) is 2.18. The first-order chi connectivity index (χ1) is 8.74. The highest BCUT2D eigenvalue weighted by Crippen LogP contribution is 2.29. The third kappa shape index (κ3) is 3.27. The molecule has 1 aromatic rings. The summed E-state index contributed by atoms with van der Waals surface area (Å²) in [6, 6.07) is 2.12. The van der Waals surface area contributed by atoms with E-state index in [4.69, 9.17) is 4.52 Å². The van der Waals surface area contributed by atoms with Crippen LogP contribution in [-0.4, -0.2) is 40.2 Å². The molecule has 5 nitrogen and oxygen atoms in total. The first kappa shape index (κ1) is 14.8. The number of hydrogen-bond acceptors (Lipinski definition) is 5. The van der Waals surface area contributed by atoms with E-state index in [2.05, 4.69) is 27.4 Å². The molecule has 2 atom stereocenters. The smallest absolute Gasteiger partial charge is 0.226 e. The third-order valence-electron chi connectivity index (χ3n) is 4.27. The van der Waals surface area contributed by atoms with Crippen LogP contribution in [0.3, 0.4) is 0 Å².